The van der Waals surface area contributed by atoms with Crippen molar-refractivity contribution in [3.05, 3.63) is 158 Å². The van der Waals surface area contributed by atoms with Crippen LogP contribution in [0.5, 0.6) is 0 Å². The molecule has 0 heterocycles. The Hall–Kier alpha value is -4.97. The van der Waals surface area contributed by atoms with Gasteiger partial charge < -0.3 is 14.2 Å². The summed E-state index contributed by atoms with van der Waals surface area (Å²) >= 11 is 0. The normalized spacial score (nSPS) is 13.2. The fourth-order valence-corrected chi connectivity index (χ4v) is 8.69. The van der Waals surface area contributed by atoms with E-state index in [2.05, 4.69) is 179 Å². The van der Waals surface area contributed by atoms with E-state index in [1.165, 1.54) is 83.5 Å². The van der Waals surface area contributed by atoms with Crippen LogP contribution in [0.4, 0.5) is 0 Å². The highest BCUT2D eigenvalue weighted by molar-refractivity contribution is 5.71. The number of allylic oxidation sites excluding steroid dienone is 26. The van der Waals surface area contributed by atoms with Gasteiger partial charge in [-0.2, -0.15) is 0 Å². The molecule has 0 N–H and O–H groups in total. The molecule has 0 aliphatic rings. The predicted molar refractivity (Wildman–Crippen MR) is 352 cm³/mol. The zero-order valence-electron chi connectivity index (χ0n) is 52.2. The predicted octanol–water partition coefficient (Wildman–Crippen LogP) is 22.9. The average molecular weight is 1120 g/mol. The number of rotatable bonds is 58. The molecule has 0 aliphatic heterocycles. The molecule has 0 saturated heterocycles. The van der Waals surface area contributed by atoms with E-state index in [0.29, 0.717) is 19.3 Å². The van der Waals surface area contributed by atoms with Crippen molar-refractivity contribution in [2.45, 2.75) is 284 Å². The summed E-state index contributed by atoms with van der Waals surface area (Å²) in [4.78, 5) is 38.3. The fraction of sp³-hybridized carbons (Fsp3) is 0.613. The number of hydrogen-bond donors (Lipinski definition) is 0. The molecule has 456 valence electrons. The van der Waals surface area contributed by atoms with Crippen LogP contribution in [0.15, 0.2) is 158 Å². The van der Waals surface area contributed by atoms with Gasteiger partial charge in [0.2, 0.25) is 0 Å². The molecule has 0 bridgehead atoms. The van der Waals surface area contributed by atoms with Gasteiger partial charge in [-0.15, -0.1) is 0 Å². The van der Waals surface area contributed by atoms with Crippen LogP contribution < -0.4 is 0 Å². The third kappa shape index (κ3) is 65.7. The average Bonchev–Trinajstić information content (AvgIpc) is 3.47. The van der Waals surface area contributed by atoms with Crippen molar-refractivity contribution in [3.63, 3.8) is 0 Å². The molecule has 0 aromatic heterocycles. The Morgan fingerprint density at radius 1 is 0.247 bits per heavy atom. The van der Waals surface area contributed by atoms with Crippen molar-refractivity contribution in [2.24, 2.45) is 0 Å². The summed E-state index contributed by atoms with van der Waals surface area (Å²) in [5, 5.41) is 0. The van der Waals surface area contributed by atoms with Gasteiger partial charge in [0.1, 0.15) is 13.2 Å². The number of hydrogen-bond acceptors (Lipinski definition) is 6. The topological polar surface area (TPSA) is 78.9 Å². The van der Waals surface area contributed by atoms with Crippen molar-refractivity contribution in [1.29, 1.82) is 0 Å². The molecule has 0 aliphatic carbocycles. The number of esters is 3. The van der Waals surface area contributed by atoms with E-state index in [9.17, 15) is 14.4 Å². The lowest BCUT2D eigenvalue weighted by atomic mass is 10.0. The number of carbonyl (C=O) groups excluding carboxylic acids is 3. The summed E-state index contributed by atoms with van der Waals surface area (Å²) in [6, 6.07) is 0. The highest BCUT2D eigenvalue weighted by atomic mass is 16.6. The molecule has 0 aromatic carbocycles. The van der Waals surface area contributed by atoms with E-state index in [4.69, 9.17) is 14.2 Å². The van der Waals surface area contributed by atoms with E-state index < -0.39 is 6.10 Å². The van der Waals surface area contributed by atoms with Crippen LogP contribution in [0, 0.1) is 0 Å². The summed E-state index contributed by atoms with van der Waals surface area (Å²) in [7, 11) is 0. The van der Waals surface area contributed by atoms with Gasteiger partial charge in [0.25, 0.3) is 0 Å². The van der Waals surface area contributed by atoms with E-state index in [1.807, 2.05) is 0 Å². The van der Waals surface area contributed by atoms with Crippen molar-refractivity contribution < 1.29 is 28.6 Å². The monoisotopic (exact) mass is 1120 g/mol. The molecule has 6 heteroatoms. The molecular formula is C75H120O6. The summed E-state index contributed by atoms with van der Waals surface area (Å²) in [6.07, 6.45) is 98.4. The van der Waals surface area contributed by atoms with Gasteiger partial charge >= 0.3 is 17.9 Å². The minimum Gasteiger partial charge on any atom is -0.462 e. The first-order chi connectivity index (χ1) is 40.0. The van der Waals surface area contributed by atoms with Gasteiger partial charge in [-0.25, -0.2) is 0 Å². The number of carbonyl (C=O) groups is 3. The van der Waals surface area contributed by atoms with Gasteiger partial charge in [0.05, 0.1) is 0 Å². The molecule has 0 rings (SSSR count). The van der Waals surface area contributed by atoms with E-state index in [-0.39, 0.29) is 37.5 Å². The van der Waals surface area contributed by atoms with E-state index in [1.54, 1.807) is 0 Å². The highest BCUT2D eigenvalue weighted by Crippen LogP contribution is 2.16. The Balaban J connectivity index is 4.33. The molecule has 81 heavy (non-hydrogen) atoms. The first kappa shape index (κ1) is 76.0. The van der Waals surface area contributed by atoms with Crippen LogP contribution >= 0.6 is 0 Å². The Bertz CT molecular complexity index is 1810. The summed E-state index contributed by atoms with van der Waals surface area (Å²) in [5.74, 6) is -0.974. The maximum atomic E-state index is 12.9. The molecule has 0 saturated carbocycles. The molecular weight excluding hydrogens is 997 g/mol. The Morgan fingerprint density at radius 2 is 0.444 bits per heavy atom. The zero-order chi connectivity index (χ0) is 58.5. The molecule has 0 radical (unpaired) electrons. The SMILES string of the molecule is CC/C=C\C/C=C\C/C=C\C/C=C\C/C=C\CCCCCCCCCCCCCCCCCC(=O)OCC(COC(=O)CCCC/C=C\C/C=C\C/C=C\C/C=C\CC)OC(=O)CCCCCC/C=C\C/C=C\C/C=C\C/C=C\CC. The maximum Gasteiger partial charge on any atom is 0.306 e. The first-order valence-corrected chi connectivity index (χ1v) is 33.0. The lowest BCUT2D eigenvalue weighted by Gasteiger charge is -2.18. The lowest BCUT2D eigenvalue weighted by molar-refractivity contribution is -0.167. The van der Waals surface area contributed by atoms with Gasteiger partial charge in [-0.1, -0.05) is 275 Å². The second-order valence-corrected chi connectivity index (χ2v) is 21.2. The van der Waals surface area contributed by atoms with Crippen molar-refractivity contribution in [1.82, 2.24) is 0 Å². The van der Waals surface area contributed by atoms with E-state index >= 15 is 0 Å². The van der Waals surface area contributed by atoms with Gasteiger partial charge in [-0.05, 0) is 141 Å². The van der Waals surface area contributed by atoms with Crippen molar-refractivity contribution >= 4 is 17.9 Å². The Labute approximate surface area is 499 Å². The second kappa shape index (κ2) is 67.5. The zero-order valence-corrected chi connectivity index (χ0v) is 52.2. The summed E-state index contributed by atoms with van der Waals surface area (Å²) in [6.45, 7) is 6.25. The standard InChI is InChI=1S/C75H120O6/c1-4-7-10-13-16-19-22-25-28-30-31-32-33-34-35-36-37-38-39-40-41-42-43-45-47-50-53-56-59-62-65-68-74(77)80-71-72(70-79-73(76)67-64-61-58-55-52-49-46-27-24-21-18-15-12-9-6-3)81-75(78)69-66-63-60-57-54-51-48-44-29-26-23-20-17-14-11-8-5-2/h7-12,16-21,25-29,31-32,34-35,46,48,51-52,55,72H,4-6,13-15,22-24,30,33,36-45,47,49-50,53-54,56-71H2,1-3H3/b10-7-,11-8-,12-9-,19-16-,20-17-,21-18-,28-25-,29-26-,32-31-,35-34-,46-27-,51-48-,55-52-. The van der Waals surface area contributed by atoms with Crippen LogP contribution in [0.1, 0.15) is 278 Å². The fourth-order valence-electron chi connectivity index (χ4n) is 8.69. The largest absolute Gasteiger partial charge is 0.462 e. The molecule has 0 spiro atoms. The second-order valence-electron chi connectivity index (χ2n) is 21.2. The van der Waals surface area contributed by atoms with Crippen LogP contribution in [0.2, 0.25) is 0 Å². The van der Waals surface area contributed by atoms with E-state index in [0.717, 1.165) is 148 Å². The number of unbranched alkanes of at least 4 members (excludes halogenated alkanes) is 21. The third-order valence-electron chi connectivity index (χ3n) is 13.5. The summed E-state index contributed by atoms with van der Waals surface area (Å²) < 4.78 is 16.9. The molecule has 1 atom stereocenters. The Kier molecular flexibility index (Phi) is 63.4. The molecule has 1 unspecified atom stereocenters. The van der Waals surface area contributed by atoms with Crippen LogP contribution in [0.3, 0.4) is 0 Å². The van der Waals surface area contributed by atoms with Gasteiger partial charge in [-0.3, -0.25) is 14.4 Å². The smallest absolute Gasteiger partial charge is 0.306 e. The molecule has 0 amide bonds. The van der Waals surface area contributed by atoms with Crippen molar-refractivity contribution in [2.75, 3.05) is 13.2 Å². The minimum absolute atomic E-state index is 0.106. The Morgan fingerprint density at radius 3 is 0.716 bits per heavy atom. The number of ether oxygens (including phenoxy) is 3. The van der Waals surface area contributed by atoms with Crippen LogP contribution in [-0.4, -0.2) is 37.2 Å². The highest BCUT2D eigenvalue weighted by Gasteiger charge is 2.19. The van der Waals surface area contributed by atoms with Gasteiger partial charge in [0, 0.05) is 19.3 Å². The van der Waals surface area contributed by atoms with Crippen LogP contribution in [0.25, 0.3) is 0 Å². The van der Waals surface area contributed by atoms with Gasteiger partial charge in [0.15, 0.2) is 6.10 Å². The van der Waals surface area contributed by atoms with Crippen molar-refractivity contribution in [3.8, 4) is 0 Å². The van der Waals surface area contributed by atoms with Crippen LogP contribution in [-0.2, 0) is 28.6 Å². The summed E-state index contributed by atoms with van der Waals surface area (Å²) in [5.41, 5.74) is 0. The molecule has 6 nitrogen and oxygen atoms in total. The maximum absolute atomic E-state index is 12.9. The minimum atomic E-state index is -0.816. The third-order valence-corrected chi connectivity index (χ3v) is 13.5. The lowest BCUT2D eigenvalue weighted by Crippen LogP contribution is -2.30. The molecule has 0 fully saturated rings. The quantitative estimate of drug-likeness (QED) is 0.0261. The first-order valence-electron chi connectivity index (χ1n) is 33.0. The molecule has 0 aromatic rings.